The van der Waals surface area contributed by atoms with Gasteiger partial charge in [0.25, 0.3) is 0 Å². The second kappa shape index (κ2) is 5.48. The molecule has 1 aliphatic carbocycles. The van der Waals surface area contributed by atoms with Crippen LogP contribution in [0.5, 0.6) is 0 Å². The van der Waals surface area contributed by atoms with Crippen LogP contribution in [0.15, 0.2) is 24.3 Å². The molecule has 98 valence electrons. The Labute approximate surface area is 106 Å². The van der Waals surface area contributed by atoms with E-state index >= 15 is 0 Å². The van der Waals surface area contributed by atoms with Gasteiger partial charge in [-0.3, -0.25) is 4.79 Å². The molecule has 0 unspecified atom stereocenters. The molecule has 0 aromatic heterocycles. The van der Waals surface area contributed by atoms with E-state index in [0.29, 0.717) is 0 Å². The van der Waals surface area contributed by atoms with Crippen molar-refractivity contribution < 1.29 is 14.3 Å². The number of carbonyl (C=O) groups excluding carboxylic acids is 1. The Morgan fingerprint density at radius 3 is 2.44 bits per heavy atom. The summed E-state index contributed by atoms with van der Waals surface area (Å²) in [7, 11) is 0. The van der Waals surface area contributed by atoms with Crippen molar-refractivity contribution in [3.8, 4) is 0 Å². The average molecular weight is 251 g/mol. The van der Waals surface area contributed by atoms with E-state index in [-0.39, 0.29) is 24.8 Å². The second-order valence-corrected chi connectivity index (χ2v) is 5.00. The summed E-state index contributed by atoms with van der Waals surface area (Å²) in [5, 5.41) is 12.3. The van der Waals surface area contributed by atoms with Gasteiger partial charge in [-0.2, -0.15) is 0 Å². The van der Waals surface area contributed by atoms with E-state index in [0.717, 1.165) is 31.2 Å². The lowest BCUT2D eigenvalue weighted by Crippen LogP contribution is -2.49. The van der Waals surface area contributed by atoms with Gasteiger partial charge in [0.2, 0.25) is 5.91 Å². The van der Waals surface area contributed by atoms with E-state index in [1.807, 2.05) is 0 Å². The van der Waals surface area contributed by atoms with Crippen LogP contribution in [0.3, 0.4) is 0 Å². The summed E-state index contributed by atoms with van der Waals surface area (Å²) in [6, 6.07) is 5.91. The van der Waals surface area contributed by atoms with Crippen LogP contribution in [-0.4, -0.2) is 23.2 Å². The molecule has 2 N–H and O–H groups in total. The molecule has 0 aliphatic heterocycles. The highest BCUT2D eigenvalue weighted by molar-refractivity contribution is 5.79. The summed E-state index contributed by atoms with van der Waals surface area (Å²) in [4.78, 5) is 11.9. The first-order valence-corrected chi connectivity index (χ1v) is 6.30. The summed E-state index contributed by atoms with van der Waals surface area (Å²) in [5.74, 6) is -0.417. The fourth-order valence-electron chi connectivity index (χ4n) is 2.50. The van der Waals surface area contributed by atoms with Gasteiger partial charge in [-0.1, -0.05) is 25.0 Å². The summed E-state index contributed by atoms with van der Waals surface area (Å²) in [6.45, 7) is -0.0117. The lowest BCUT2D eigenvalue weighted by atomic mass is 9.98. The minimum Gasteiger partial charge on any atom is -0.394 e. The van der Waals surface area contributed by atoms with Gasteiger partial charge in [-0.15, -0.1) is 0 Å². The van der Waals surface area contributed by atoms with Crippen LogP contribution in [0, 0.1) is 5.82 Å². The number of aliphatic hydroxyl groups is 1. The minimum atomic E-state index is -0.433. The number of benzene rings is 1. The number of amides is 1. The van der Waals surface area contributed by atoms with Crippen molar-refractivity contribution in [2.45, 2.75) is 37.6 Å². The first-order valence-electron chi connectivity index (χ1n) is 6.30. The fourth-order valence-corrected chi connectivity index (χ4v) is 2.50. The number of aliphatic hydroxyl groups excluding tert-OH is 1. The molecule has 1 aliphatic rings. The predicted molar refractivity (Wildman–Crippen MR) is 66.5 cm³/mol. The summed E-state index contributed by atoms with van der Waals surface area (Å²) >= 11 is 0. The van der Waals surface area contributed by atoms with Gasteiger partial charge in [0.15, 0.2) is 0 Å². The maximum absolute atomic E-state index is 12.7. The van der Waals surface area contributed by atoms with E-state index in [2.05, 4.69) is 5.32 Å². The molecule has 0 saturated heterocycles. The molecule has 0 bridgehead atoms. The molecule has 0 heterocycles. The Kier molecular flexibility index (Phi) is 3.97. The first-order chi connectivity index (χ1) is 8.63. The molecule has 1 saturated carbocycles. The van der Waals surface area contributed by atoms with Gasteiger partial charge in [0.05, 0.1) is 18.6 Å². The van der Waals surface area contributed by atoms with Crippen LogP contribution in [0.2, 0.25) is 0 Å². The number of rotatable bonds is 4. The number of hydrogen-bond donors (Lipinski definition) is 2. The van der Waals surface area contributed by atoms with Crippen LogP contribution in [0.25, 0.3) is 0 Å². The zero-order chi connectivity index (χ0) is 13.0. The quantitative estimate of drug-likeness (QED) is 0.857. The SMILES string of the molecule is O=C(Cc1ccc(F)cc1)NC1(CO)CCCC1. The average Bonchev–Trinajstić information content (AvgIpc) is 2.81. The van der Waals surface area contributed by atoms with E-state index < -0.39 is 5.54 Å². The smallest absolute Gasteiger partial charge is 0.224 e. The zero-order valence-corrected chi connectivity index (χ0v) is 10.3. The Bertz CT molecular complexity index is 410. The van der Waals surface area contributed by atoms with Gasteiger partial charge in [-0.25, -0.2) is 4.39 Å². The molecule has 1 aromatic carbocycles. The summed E-state index contributed by atoms with van der Waals surface area (Å²) in [6.07, 6.45) is 3.97. The lowest BCUT2D eigenvalue weighted by molar-refractivity contribution is -0.122. The van der Waals surface area contributed by atoms with Crippen molar-refractivity contribution >= 4 is 5.91 Å². The molecule has 1 aromatic rings. The van der Waals surface area contributed by atoms with Gasteiger partial charge in [0, 0.05) is 0 Å². The third-order valence-electron chi connectivity index (χ3n) is 3.55. The van der Waals surface area contributed by atoms with E-state index in [1.165, 1.54) is 12.1 Å². The zero-order valence-electron chi connectivity index (χ0n) is 10.3. The topological polar surface area (TPSA) is 49.3 Å². The lowest BCUT2D eigenvalue weighted by Gasteiger charge is -2.28. The third kappa shape index (κ3) is 3.07. The van der Waals surface area contributed by atoms with Crippen molar-refractivity contribution in [2.24, 2.45) is 0 Å². The predicted octanol–water partition coefficient (Wildman–Crippen LogP) is 1.79. The van der Waals surface area contributed by atoms with Crippen LogP contribution >= 0.6 is 0 Å². The molecule has 1 fully saturated rings. The molecular formula is C14H18FNO2. The maximum atomic E-state index is 12.7. The maximum Gasteiger partial charge on any atom is 0.224 e. The van der Waals surface area contributed by atoms with Crippen LogP contribution < -0.4 is 5.32 Å². The van der Waals surface area contributed by atoms with Crippen molar-refractivity contribution in [1.82, 2.24) is 5.32 Å². The highest BCUT2D eigenvalue weighted by atomic mass is 19.1. The molecule has 0 spiro atoms. The van der Waals surface area contributed by atoms with Gasteiger partial charge < -0.3 is 10.4 Å². The molecule has 0 atom stereocenters. The fraction of sp³-hybridized carbons (Fsp3) is 0.500. The van der Waals surface area contributed by atoms with Gasteiger partial charge in [0.1, 0.15) is 5.82 Å². The first kappa shape index (κ1) is 13.0. The normalized spacial score (nSPS) is 17.7. The monoisotopic (exact) mass is 251 g/mol. The number of nitrogens with one attached hydrogen (secondary N) is 1. The van der Waals surface area contributed by atoms with Crippen molar-refractivity contribution in [3.63, 3.8) is 0 Å². The van der Waals surface area contributed by atoms with E-state index in [9.17, 15) is 14.3 Å². The molecule has 18 heavy (non-hydrogen) atoms. The summed E-state index contributed by atoms with van der Waals surface area (Å²) < 4.78 is 12.7. The largest absolute Gasteiger partial charge is 0.394 e. The molecular weight excluding hydrogens is 233 g/mol. The Morgan fingerprint density at radius 2 is 1.89 bits per heavy atom. The van der Waals surface area contributed by atoms with E-state index in [4.69, 9.17) is 0 Å². The van der Waals surface area contributed by atoms with Gasteiger partial charge >= 0.3 is 0 Å². The van der Waals surface area contributed by atoms with Crippen LogP contribution in [0.4, 0.5) is 4.39 Å². The number of halogens is 1. The standard InChI is InChI=1S/C14H18FNO2/c15-12-5-3-11(4-6-12)9-13(18)16-14(10-17)7-1-2-8-14/h3-6,17H,1-2,7-10H2,(H,16,18). The molecule has 4 heteroatoms. The molecule has 1 amide bonds. The second-order valence-electron chi connectivity index (χ2n) is 5.00. The van der Waals surface area contributed by atoms with Crippen LogP contribution in [-0.2, 0) is 11.2 Å². The summed E-state index contributed by atoms with van der Waals surface area (Å²) in [5.41, 5.74) is 0.344. The highest BCUT2D eigenvalue weighted by Gasteiger charge is 2.34. The Hall–Kier alpha value is -1.42. The van der Waals surface area contributed by atoms with Crippen molar-refractivity contribution in [3.05, 3.63) is 35.6 Å². The minimum absolute atomic E-state index is 0.0117. The number of hydrogen-bond acceptors (Lipinski definition) is 2. The van der Waals surface area contributed by atoms with Crippen LogP contribution in [0.1, 0.15) is 31.2 Å². The third-order valence-corrected chi connectivity index (χ3v) is 3.55. The number of carbonyl (C=O) groups is 1. The Morgan fingerprint density at radius 1 is 1.28 bits per heavy atom. The van der Waals surface area contributed by atoms with E-state index in [1.54, 1.807) is 12.1 Å². The molecule has 3 nitrogen and oxygen atoms in total. The van der Waals surface area contributed by atoms with Gasteiger partial charge in [-0.05, 0) is 30.5 Å². The Balaban J connectivity index is 1.94. The molecule has 2 rings (SSSR count). The highest BCUT2D eigenvalue weighted by Crippen LogP contribution is 2.29. The van der Waals surface area contributed by atoms with Crippen molar-refractivity contribution in [2.75, 3.05) is 6.61 Å². The molecule has 0 radical (unpaired) electrons. The van der Waals surface area contributed by atoms with Crippen molar-refractivity contribution in [1.29, 1.82) is 0 Å².